The van der Waals surface area contributed by atoms with Crippen LogP contribution in [0.5, 0.6) is 0 Å². The highest BCUT2D eigenvalue weighted by Gasteiger charge is 1.90. The Morgan fingerprint density at radius 1 is 0.667 bits per heavy atom. The van der Waals surface area contributed by atoms with Crippen molar-refractivity contribution in [3.8, 4) is 0 Å². The van der Waals surface area contributed by atoms with Crippen molar-refractivity contribution in [1.82, 2.24) is 0 Å². The van der Waals surface area contributed by atoms with Crippen LogP contribution in [0.4, 0.5) is 4.39 Å². The third-order valence-corrected chi connectivity index (χ3v) is 2.41. The van der Waals surface area contributed by atoms with Gasteiger partial charge in [0.2, 0.25) is 0 Å². The number of alkyl halides is 1. The number of rotatable bonds is 9. The van der Waals surface area contributed by atoms with Gasteiger partial charge in [0.05, 0.1) is 6.67 Å². The number of hydrogen-bond donors (Lipinski definition) is 0. The van der Waals surface area contributed by atoms with E-state index in [0.29, 0.717) is 0 Å². The Kier molecular flexibility index (Phi) is 11.3. The van der Waals surface area contributed by atoms with Crippen molar-refractivity contribution in [1.29, 1.82) is 0 Å². The lowest BCUT2D eigenvalue weighted by Gasteiger charge is -1.99. The van der Waals surface area contributed by atoms with Crippen molar-refractivity contribution in [2.75, 3.05) is 6.67 Å². The van der Waals surface area contributed by atoms with E-state index in [1.807, 2.05) is 0 Å². The third kappa shape index (κ3) is 10.1. The molecular weight excluding hydrogens is 167 g/mol. The summed E-state index contributed by atoms with van der Waals surface area (Å²) >= 11 is 0. The smallest absolute Gasteiger partial charge is 0.0894 e. The lowest BCUT2D eigenvalue weighted by atomic mass is 10.1. The summed E-state index contributed by atoms with van der Waals surface area (Å²) in [5.41, 5.74) is 0. The van der Waals surface area contributed by atoms with Gasteiger partial charge in [0, 0.05) is 10.2 Å². The molecule has 0 spiro atoms. The molecule has 2 heteroatoms. The van der Waals surface area contributed by atoms with Gasteiger partial charge >= 0.3 is 0 Å². The fourth-order valence-electron chi connectivity index (χ4n) is 1.28. The maximum atomic E-state index is 11.7. The van der Waals surface area contributed by atoms with Crippen LogP contribution in [0.15, 0.2) is 0 Å². The fraction of sp³-hybridized carbons (Fsp3) is 1.00. The van der Waals surface area contributed by atoms with E-state index in [1.54, 1.807) is 0 Å². The zero-order valence-corrected chi connectivity index (χ0v) is 8.95. The molecule has 0 bridgehead atoms. The molecule has 0 nitrogen and oxygen atoms in total. The molecule has 0 saturated heterocycles. The molecule has 0 rings (SSSR count). The fourth-order valence-corrected chi connectivity index (χ4v) is 1.53. The van der Waals surface area contributed by atoms with E-state index in [4.69, 9.17) is 0 Å². The molecule has 71 valence electrons. The first-order chi connectivity index (χ1) is 5.91. The van der Waals surface area contributed by atoms with Crippen molar-refractivity contribution in [3.63, 3.8) is 0 Å². The minimum absolute atomic E-state index is 0.136. The molecule has 12 heavy (non-hydrogen) atoms. The Morgan fingerprint density at radius 2 is 1.08 bits per heavy atom. The van der Waals surface area contributed by atoms with Crippen LogP contribution in [0, 0.1) is 0 Å². The molecule has 0 aromatic rings. The predicted octanol–water partition coefficient (Wildman–Crippen LogP) is 3.66. The summed E-state index contributed by atoms with van der Waals surface area (Å²) in [7, 11) is 3.45. The molecular formula is C10H20FSi. The van der Waals surface area contributed by atoms with Crippen LogP contribution in [-0.2, 0) is 0 Å². The maximum absolute atomic E-state index is 11.7. The molecule has 0 amide bonds. The first kappa shape index (κ1) is 12.1. The van der Waals surface area contributed by atoms with Crippen molar-refractivity contribution in [2.24, 2.45) is 0 Å². The van der Waals surface area contributed by atoms with Crippen molar-refractivity contribution >= 4 is 10.2 Å². The van der Waals surface area contributed by atoms with E-state index >= 15 is 0 Å². The van der Waals surface area contributed by atoms with Gasteiger partial charge in [0.1, 0.15) is 0 Å². The molecule has 0 aromatic heterocycles. The quantitative estimate of drug-likeness (QED) is 0.382. The van der Waals surface area contributed by atoms with Crippen LogP contribution in [0.1, 0.15) is 51.4 Å². The topological polar surface area (TPSA) is 0 Å². The predicted molar refractivity (Wildman–Crippen MR) is 53.5 cm³/mol. The summed E-state index contributed by atoms with van der Waals surface area (Å²) in [5, 5.41) is 0. The van der Waals surface area contributed by atoms with Crippen LogP contribution in [0.3, 0.4) is 0 Å². The lowest BCUT2D eigenvalue weighted by Crippen LogP contribution is -1.81. The molecule has 0 fully saturated rings. The van der Waals surface area contributed by atoms with Gasteiger partial charge in [0.25, 0.3) is 0 Å². The highest BCUT2D eigenvalue weighted by atomic mass is 28.1. The molecule has 0 aliphatic carbocycles. The minimum atomic E-state index is -0.136. The molecule has 0 saturated carbocycles. The summed E-state index contributed by atoms with van der Waals surface area (Å²) < 4.78 is 11.7. The summed E-state index contributed by atoms with van der Waals surface area (Å²) in [6.07, 6.45) is 9.67. The average molecular weight is 187 g/mol. The second-order valence-electron chi connectivity index (χ2n) is 3.27. The van der Waals surface area contributed by atoms with E-state index in [1.165, 1.54) is 38.5 Å². The summed E-state index contributed by atoms with van der Waals surface area (Å²) in [4.78, 5) is 0. The molecule has 0 unspecified atom stereocenters. The first-order valence-corrected chi connectivity index (χ1v) is 5.83. The van der Waals surface area contributed by atoms with Gasteiger partial charge in [-0.2, -0.15) is 0 Å². The Hall–Kier alpha value is 0.147. The largest absolute Gasteiger partial charge is 0.251 e. The zero-order chi connectivity index (χ0) is 9.07. The normalized spacial score (nSPS) is 10.5. The van der Waals surface area contributed by atoms with Gasteiger partial charge in [-0.25, -0.2) is 0 Å². The minimum Gasteiger partial charge on any atom is -0.251 e. The standard InChI is InChI=1S/C10H20FSi/c11-9-7-5-3-1-2-4-6-8-10-12/h1-10H2. The second kappa shape index (κ2) is 11.1. The number of halogens is 1. The summed E-state index contributed by atoms with van der Waals surface area (Å²) in [6, 6.07) is 1.13. The van der Waals surface area contributed by atoms with Crippen LogP contribution in [-0.4, -0.2) is 16.9 Å². The molecule has 0 aliphatic heterocycles. The van der Waals surface area contributed by atoms with Crippen LogP contribution < -0.4 is 0 Å². The Bertz CT molecular complexity index is 66.2. The summed E-state index contributed by atoms with van der Waals surface area (Å²) in [6.45, 7) is -0.136. The monoisotopic (exact) mass is 187 g/mol. The Balaban J connectivity index is 2.73. The van der Waals surface area contributed by atoms with E-state index < -0.39 is 0 Å². The van der Waals surface area contributed by atoms with Gasteiger partial charge in [-0.15, -0.1) is 0 Å². The van der Waals surface area contributed by atoms with E-state index in [0.717, 1.165) is 18.9 Å². The molecule has 0 atom stereocenters. The number of hydrogen-bond acceptors (Lipinski definition) is 0. The second-order valence-corrected chi connectivity index (χ2v) is 3.77. The van der Waals surface area contributed by atoms with Gasteiger partial charge in [-0.05, 0) is 6.42 Å². The Labute approximate surface area is 79.4 Å². The van der Waals surface area contributed by atoms with Crippen LogP contribution in [0.2, 0.25) is 6.04 Å². The van der Waals surface area contributed by atoms with E-state index in [2.05, 4.69) is 10.2 Å². The molecule has 0 heterocycles. The van der Waals surface area contributed by atoms with Gasteiger partial charge in [-0.1, -0.05) is 51.0 Å². The Morgan fingerprint density at radius 3 is 1.50 bits per heavy atom. The van der Waals surface area contributed by atoms with Crippen molar-refractivity contribution < 1.29 is 4.39 Å². The van der Waals surface area contributed by atoms with Gasteiger partial charge < -0.3 is 0 Å². The molecule has 0 N–H and O–H groups in total. The molecule has 0 aliphatic rings. The van der Waals surface area contributed by atoms with Crippen LogP contribution >= 0.6 is 0 Å². The van der Waals surface area contributed by atoms with E-state index in [-0.39, 0.29) is 6.67 Å². The van der Waals surface area contributed by atoms with Gasteiger partial charge in [-0.3, -0.25) is 4.39 Å². The highest BCUT2D eigenvalue weighted by molar-refractivity contribution is 6.08. The average Bonchev–Trinajstić information content (AvgIpc) is 2.10. The number of unbranched alkanes of at least 4 members (excludes halogenated alkanes) is 7. The molecule has 0 aromatic carbocycles. The highest BCUT2D eigenvalue weighted by Crippen LogP contribution is 2.09. The maximum Gasteiger partial charge on any atom is 0.0894 e. The lowest BCUT2D eigenvalue weighted by molar-refractivity contribution is 0.449. The van der Waals surface area contributed by atoms with Crippen molar-refractivity contribution in [2.45, 2.75) is 57.4 Å². The zero-order valence-electron chi connectivity index (χ0n) is 7.95. The first-order valence-electron chi connectivity index (χ1n) is 5.12. The third-order valence-electron chi connectivity index (χ3n) is 2.06. The SMILES string of the molecule is FCCCCCCCCCC[Si]. The van der Waals surface area contributed by atoms with E-state index in [9.17, 15) is 4.39 Å². The van der Waals surface area contributed by atoms with Crippen molar-refractivity contribution in [3.05, 3.63) is 0 Å². The molecule has 3 radical (unpaired) electrons. The van der Waals surface area contributed by atoms with Crippen LogP contribution in [0.25, 0.3) is 0 Å². The summed E-state index contributed by atoms with van der Waals surface area (Å²) in [5.74, 6) is 0. The van der Waals surface area contributed by atoms with Gasteiger partial charge in [0.15, 0.2) is 0 Å².